The highest BCUT2D eigenvalue weighted by Gasteiger charge is 2.08. The molecule has 0 aliphatic heterocycles. The Bertz CT molecular complexity index is 671. The molecule has 0 bridgehead atoms. The Labute approximate surface area is 176 Å². The highest BCUT2D eigenvalue weighted by molar-refractivity contribution is 9.10. The summed E-state index contributed by atoms with van der Waals surface area (Å²) in [4.78, 5) is 0. The van der Waals surface area contributed by atoms with Gasteiger partial charge in [-0.05, 0) is 97.9 Å². The molecule has 0 spiro atoms. The first kappa shape index (κ1) is 24.0. The number of halogens is 1. The molecule has 0 fully saturated rings. The molecule has 2 aromatic rings. The molecule has 0 nitrogen and oxygen atoms in total. The Hall–Kier alpha value is -1.08. The lowest BCUT2D eigenvalue weighted by atomic mass is 9.92. The Kier molecular flexibility index (Phi) is 10.4. The van der Waals surface area contributed by atoms with E-state index in [1.165, 1.54) is 58.0 Å². The lowest BCUT2D eigenvalue weighted by Crippen LogP contribution is -2.02. The van der Waals surface area contributed by atoms with Gasteiger partial charge in [0.05, 0.1) is 0 Å². The molecule has 150 valence electrons. The molecule has 0 saturated carbocycles. The minimum Gasteiger partial charge on any atom is -0.0651 e. The van der Waals surface area contributed by atoms with Gasteiger partial charge < -0.3 is 0 Å². The van der Waals surface area contributed by atoms with Crippen molar-refractivity contribution in [2.75, 3.05) is 0 Å². The smallest absolute Gasteiger partial charge is 0.0180 e. The zero-order valence-corrected chi connectivity index (χ0v) is 20.3. The van der Waals surface area contributed by atoms with Crippen molar-refractivity contribution in [2.24, 2.45) is 11.8 Å². The molecule has 0 aliphatic carbocycles. The first-order valence-electron chi connectivity index (χ1n) is 10.5. The van der Waals surface area contributed by atoms with E-state index in [0.717, 1.165) is 11.8 Å². The largest absolute Gasteiger partial charge is 0.0651 e. The lowest BCUT2D eigenvalue weighted by molar-refractivity contribution is 0.557. The average molecular weight is 432 g/mol. The van der Waals surface area contributed by atoms with E-state index in [1.54, 1.807) is 5.56 Å². The van der Waals surface area contributed by atoms with E-state index in [9.17, 15) is 0 Å². The highest BCUT2D eigenvalue weighted by Crippen LogP contribution is 2.24. The van der Waals surface area contributed by atoms with Crippen LogP contribution < -0.4 is 0 Å². The summed E-state index contributed by atoms with van der Waals surface area (Å²) in [5.41, 5.74) is 8.80. The Morgan fingerprint density at radius 2 is 1.07 bits per heavy atom. The van der Waals surface area contributed by atoms with Gasteiger partial charge in [-0.25, -0.2) is 0 Å². The SMILES string of the molecule is CCC(C)Cc1c(C)cc(Br)cc1C.CCC(C)Cc1c(C)cccc1C. The monoisotopic (exact) mass is 430 g/mol. The fraction of sp³-hybridized carbons (Fsp3) is 0.538. The fourth-order valence-corrected chi connectivity index (χ4v) is 4.11. The molecule has 0 heterocycles. The average Bonchev–Trinajstić information content (AvgIpc) is 2.61. The molecule has 0 aromatic heterocycles. The van der Waals surface area contributed by atoms with Crippen LogP contribution in [0.25, 0.3) is 0 Å². The van der Waals surface area contributed by atoms with Gasteiger partial charge in [0, 0.05) is 4.47 Å². The van der Waals surface area contributed by atoms with Crippen molar-refractivity contribution in [3.63, 3.8) is 0 Å². The topological polar surface area (TPSA) is 0 Å². The molecule has 2 aromatic carbocycles. The third-order valence-electron chi connectivity index (χ3n) is 5.80. The lowest BCUT2D eigenvalue weighted by Gasteiger charge is -2.14. The van der Waals surface area contributed by atoms with Crippen LogP contribution in [0.5, 0.6) is 0 Å². The van der Waals surface area contributed by atoms with Crippen LogP contribution >= 0.6 is 15.9 Å². The maximum atomic E-state index is 3.53. The molecule has 0 amide bonds. The standard InChI is InChI=1S/C13H19Br.C13H20/c1-5-9(2)6-13-10(3)7-12(14)8-11(13)4;1-5-10(2)9-13-11(3)7-6-8-12(13)4/h7-9H,5-6H2,1-4H3;6-8,10H,5,9H2,1-4H3. The summed E-state index contributed by atoms with van der Waals surface area (Å²) < 4.78 is 1.19. The van der Waals surface area contributed by atoms with Crippen LogP contribution in [0.15, 0.2) is 34.8 Å². The van der Waals surface area contributed by atoms with Crippen molar-refractivity contribution < 1.29 is 0 Å². The van der Waals surface area contributed by atoms with Gasteiger partial charge in [-0.2, -0.15) is 0 Å². The van der Waals surface area contributed by atoms with Gasteiger partial charge in [-0.1, -0.05) is 74.7 Å². The van der Waals surface area contributed by atoms with Gasteiger partial charge in [-0.3, -0.25) is 0 Å². The molecule has 0 aliphatic rings. The van der Waals surface area contributed by atoms with Gasteiger partial charge in [-0.15, -0.1) is 0 Å². The van der Waals surface area contributed by atoms with E-state index >= 15 is 0 Å². The van der Waals surface area contributed by atoms with Crippen LogP contribution in [0.1, 0.15) is 73.9 Å². The molecule has 0 saturated heterocycles. The number of aryl methyl sites for hydroxylation is 4. The number of rotatable bonds is 6. The first-order chi connectivity index (χ1) is 12.7. The van der Waals surface area contributed by atoms with Crippen molar-refractivity contribution in [3.8, 4) is 0 Å². The van der Waals surface area contributed by atoms with Gasteiger partial charge in [0.1, 0.15) is 0 Å². The molecule has 2 rings (SSSR count). The van der Waals surface area contributed by atoms with Crippen LogP contribution in [-0.4, -0.2) is 0 Å². The summed E-state index contributed by atoms with van der Waals surface area (Å²) in [5, 5.41) is 0. The van der Waals surface area contributed by atoms with Gasteiger partial charge in [0.15, 0.2) is 0 Å². The number of hydrogen-bond acceptors (Lipinski definition) is 0. The Morgan fingerprint density at radius 1 is 0.704 bits per heavy atom. The normalized spacial score (nSPS) is 12.9. The van der Waals surface area contributed by atoms with Crippen molar-refractivity contribution in [1.82, 2.24) is 0 Å². The van der Waals surface area contributed by atoms with Crippen molar-refractivity contribution >= 4 is 15.9 Å². The molecule has 1 heteroatoms. The maximum Gasteiger partial charge on any atom is 0.0180 e. The summed E-state index contributed by atoms with van der Waals surface area (Å²) >= 11 is 3.53. The summed E-state index contributed by atoms with van der Waals surface area (Å²) in [6.07, 6.45) is 4.97. The summed E-state index contributed by atoms with van der Waals surface area (Å²) in [6, 6.07) is 11.0. The van der Waals surface area contributed by atoms with Crippen LogP contribution in [0, 0.1) is 39.5 Å². The zero-order valence-electron chi connectivity index (χ0n) is 18.7. The van der Waals surface area contributed by atoms with Crippen LogP contribution in [0.2, 0.25) is 0 Å². The van der Waals surface area contributed by atoms with E-state index in [-0.39, 0.29) is 0 Å². The summed E-state index contributed by atoms with van der Waals surface area (Å²) in [6.45, 7) is 18.0. The van der Waals surface area contributed by atoms with Crippen LogP contribution in [-0.2, 0) is 12.8 Å². The van der Waals surface area contributed by atoms with Crippen LogP contribution in [0.3, 0.4) is 0 Å². The minimum absolute atomic E-state index is 0.786. The summed E-state index contributed by atoms with van der Waals surface area (Å²) in [7, 11) is 0. The molecule has 27 heavy (non-hydrogen) atoms. The molecular formula is C26H39Br. The van der Waals surface area contributed by atoms with E-state index in [4.69, 9.17) is 0 Å². The maximum absolute atomic E-state index is 3.53. The van der Waals surface area contributed by atoms with Crippen molar-refractivity contribution in [3.05, 3.63) is 68.2 Å². The quantitative estimate of drug-likeness (QED) is 0.430. The third-order valence-corrected chi connectivity index (χ3v) is 6.26. The second-order valence-corrected chi connectivity index (χ2v) is 9.24. The molecular weight excluding hydrogens is 392 g/mol. The minimum atomic E-state index is 0.786. The Morgan fingerprint density at radius 3 is 1.44 bits per heavy atom. The van der Waals surface area contributed by atoms with Gasteiger partial charge in [0.2, 0.25) is 0 Å². The zero-order chi connectivity index (χ0) is 20.6. The van der Waals surface area contributed by atoms with Crippen LogP contribution in [0.4, 0.5) is 0 Å². The molecule has 2 atom stereocenters. The third kappa shape index (κ3) is 7.82. The van der Waals surface area contributed by atoms with Crippen molar-refractivity contribution in [2.45, 2.75) is 81.1 Å². The van der Waals surface area contributed by atoms with Gasteiger partial charge >= 0.3 is 0 Å². The molecule has 2 unspecified atom stereocenters. The number of benzene rings is 2. The molecule has 0 radical (unpaired) electrons. The second-order valence-electron chi connectivity index (χ2n) is 8.32. The van der Waals surface area contributed by atoms with Crippen molar-refractivity contribution in [1.29, 1.82) is 0 Å². The van der Waals surface area contributed by atoms with E-state index in [1.807, 2.05) is 0 Å². The van der Waals surface area contributed by atoms with E-state index in [0.29, 0.717) is 0 Å². The highest BCUT2D eigenvalue weighted by atomic mass is 79.9. The predicted octanol–water partition coefficient (Wildman–Crippen LogP) is 8.55. The number of hydrogen-bond donors (Lipinski definition) is 0. The van der Waals surface area contributed by atoms with E-state index < -0.39 is 0 Å². The van der Waals surface area contributed by atoms with E-state index in [2.05, 4.69) is 102 Å². The predicted molar refractivity (Wildman–Crippen MR) is 126 cm³/mol. The van der Waals surface area contributed by atoms with Gasteiger partial charge in [0.25, 0.3) is 0 Å². The fourth-order valence-electron chi connectivity index (χ4n) is 3.42. The first-order valence-corrected chi connectivity index (χ1v) is 11.3. The Balaban J connectivity index is 0.000000271. The second kappa shape index (κ2) is 11.7. The molecule has 0 N–H and O–H groups in total. The summed E-state index contributed by atoms with van der Waals surface area (Å²) in [5.74, 6) is 1.59.